The predicted molar refractivity (Wildman–Crippen MR) is 81.2 cm³/mol. The number of nitrogens with zero attached hydrogens (tertiary/aromatic N) is 3. The normalized spacial score (nSPS) is 30.6. The molecule has 0 saturated carbocycles. The Balaban J connectivity index is 1.67. The van der Waals surface area contributed by atoms with Gasteiger partial charge in [-0.1, -0.05) is 0 Å². The molecule has 0 radical (unpaired) electrons. The molecular formula is C16H27N3O2. The minimum atomic E-state index is -0.0243. The highest BCUT2D eigenvalue weighted by Crippen LogP contribution is 2.37. The molecule has 0 bridgehead atoms. The Hall–Kier alpha value is -0.910. The summed E-state index contributed by atoms with van der Waals surface area (Å²) in [5.41, 5.74) is 1.26. The molecule has 2 aliphatic rings. The number of methoxy groups -OCH3 is 1. The third-order valence-corrected chi connectivity index (χ3v) is 4.91. The van der Waals surface area contributed by atoms with E-state index in [1.807, 2.05) is 13.3 Å². The van der Waals surface area contributed by atoms with Gasteiger partial charge < -0.3 is 9.47 Å². The molecule has 2 aliphatic heterocycles. The molecule has 1 aromatic heterocycles. The second kappa shape index (κ2) is 6.07. The maximum Gasteiger partial charge on any atom is 0.0987 e. The molecule has 0 amide bonds. The first-order valence-corrected chi connectivity index (χ1v) is 8.06. The van der Waals surface area contributed by atoms with Crippen LogP contribution in [-0.4, -0.2) is 53.2 Å². The molecule has 2 saturated heterocycles. The Morgan fingerprint density at radius 1 is 1.48 bits per heavy atom. The average molecular weight is 293 g/mol. The smallest absolute Gasteiger partial charge is 0.0987 e. The zero-order valence-corrected chi connectivity index (χ0v) is 13.4. The molecule has 2 atom stereocenters. The monoisotopic (exact) mass is 293 g/mol. The van der Waals surface area contributed by atoms with Gasteiger partial charge >= 0.3 is 0 Å². The van der Waals surface area contributed by atoms with Gasteiger partial charge in [0.05, 0.1) is 17.4 Å². The maximum atomic E-state index is 6.06. The Bertz CT molecular complexity index is 466. The van der Waals surface area contributed by atoms with E-state index in [0.717, 1.165) is 39.1 Å². The summed E-state index contributed by atoms with van der Waals surface area (Å²) in [6, 6.07) is 2.53. The number of hydrogen-bond acceptors (Lipinski definition) is 4. The summed E-state index contributed by atoms with van der Waals surface area (Å²) in [4.78, 5) is 2.47. The fourth-order valence-corrected chi connectivity index (χ4v) is 3.76. The van der Waals surface area contributed by atoms with Gasteiger partial charge in [-0.15, -0.1) is 0 Å². The van der Waals surface area contributed by atoms with Crippen molar-refractivity contribution in [3.05, 3.63) is 18.0 Å². The van der Waals surface area contributed by atoms with Gasteiger partial charge in [0, 0.05) is 45.6 Å². The zero-order chi connectivity index (χ0) is 14.9. The lowest BCUT2D eigenvalue weighted by atomic mass is 9.86. The van der Waals surface area contributed by atoms with Crippen LogP contribution in [0.4, 0.5) is 0 Å². The number of likely N-dealkylation sites (tertiary alicyclic amines) is 1. The van der Waals surface area contributed by atoms with Crippen molar-refractivity contribution in [2.75, 3.05) is 26.8 Å². The third-order valence-electron chi connectivity index (χ3n) is 4.91. The highest BCUT2D eigenvalue weighted by molar-refractivity contribution is 5.04. The van der Waals surface area contributed by atoms with E-state index in [0.29, 0.717) is 6.04 Å². The quantitative estimate of drug-likeness (QED) is 0.853. The van der Waals surface area contributed by atoms with Crippen LogP contribution in [0.1, 0.15) is 44.8 Å². The van der Waals surface area contributed by atoms with Crippen LogP contribution in [0.5, 0.6) is 0 Å². The highest BCUT2D eigenvalue weighted by atomic mass is 16.5. The topological polar surface area (TPSA) is 39.5 Å². The van der Waals surface area contributed by atoms with Gasteiger partial charge in [0.1, 0.15) is 0 Å². The van der Waals surface area contributed by atoms with Crippen LogP contribution >= 0.6 is 0 Å². The van der Waals surface area contributed by atoms with E-state index in [2.05, 4.69) is 34.6 Å². The van der Waals surface area contributed by atoms with Crippen LogP contribution in [0, 0.1) is 0 Å². The Kier molecular flexibility index (Phi) is 4.33. The molecule has 0 aromatic carbocycles. The van der Waals surface area contributed by atoms with Gasteiger partial charge in [-0.2, -0.15) is 5.10 Å². The molecule has 3 heterocycles. The molecule has 118 valence electrons. The lowest BCUT2D eigenvalue weighted by Gasteiger charge is -2.44. The molecule has 21 heavy (non-hydrogen) atoms. The first-order chi connectivity index (χ1) is 10.1. The molecule has 1 spiro atoms. The van der Waals surface area contributed by atoms with Crippen molar-refractivity contribution in [3.63, 3.8) is 0 Å². The van der Waals surface area contributed by atoms with Gasteiger partial charge in [0.2, 0.25) is 0 Å². The maximum absolute atomic E-state index is 6.06. The first-order valence-electron chi connectivity index (χ1n) is 8.06. The molecule has 0 aliphatic carbocycles. The summed E-state index contributed by atoms with van der Waals surface area (Å²) >= 11 is 0. The second-order valence-corrected chi connectivity index (χ2v) is 6.59. The summed E-state index contributed by atoms with van der Waals surface area (Å²) in [6.45, 7) is 8.19. The Morgan fingerprint density at radius 2 is 2.33 bits per heavy atom. The van der Waals surface area contributed by atoms with E-state index in [1.165, 1.54) is 12.1 Å². The van der Waals surface area contributed by atoms with Gasteiger partial charge in [-0.05, 0) is 39.2 Å². The minimum Gasteiger partial charge on any atom is -0.377 e. The molecule has 5 nitrogen and oxygen atoms in total. The fourth-order valence-electron chi connectivity index (χ4n) is 3.76. The van der Waals surface area contributed by atoms with E-state index in [9.17, 15) is 0 Å². The van der Waals surface area contributed by atoms with E-state index in [1.54, 1.807) is 0 Å². The van der Waals surface area contributed by atoms with Crippen molar-refractivity contribution >= 4 is 0 Å². The minimum absolute atomic E-state index is 0.0243. The van der Waals surface area contributed by atoms with Crippen molar-refractivity contribution in [1.29, 1.82) is 0 Å². The van der Waals surface area contributed by atoms with Gasteiger partial charge in [0.25, 0.3) is 0 Å². The molecule has 1 aromatic rings. The number of aromatic nitrogens is 2. The number of hydrogen-bond donors (Lipinski definition) is 0. The molecule has 5 heteroatoms. The van der Waals surface area contributed by atoms with Gasteiger partial charge in [-0.25, -0.2) is 0 Å². The molecular weight excluding hydrogens is 266 g/mol. The van der Waals surface area contributed by atoms with E-state index in [4.69, 9.17) is 9.47 Å². The molecule has 0 N–H and O–H groups in total. The summed E-state index contributed by atoms with van der Waals surface area (Å²) in [6.07, 6.45) is 5.46. The second-order valence-electron chi connectivity index (χ2n) is 6.59. The fraction of sp³-hybridized carbons (Fsp3) is 0.812. The van der Waals surface area contributed by atoms with Crippen molar-refractivity contribution in [3.8, 4) is 0 Å². The van der Waals surface area contributed by atoms with Gasteiger partial charge in [0.15, 0.2) is 0 Å². The molecule has 2 fully saturated rings. The van der Waals surface area contributed by atoms with Crippen LogP contribution in [0.25, 0.3) is 0 Å². The molecule has 3 rings (SSSR count). The highest BCUT2D eigenvalue weighted by Gasteiger charge is 2.46. The van der Waals surface area contributed by atoms with Crippen LogP contribution in [0.2, 0.25) is 0 Å². The van der Waals surface area contributed by atoms with E-state index < -0.39 is 0 Å². The van der Waals surface area contributed by atoms with Crippen molar-refractivity contribution in [2.24, 2.45) is 0 Å². The van der Waals surface area contributed by atoms with Crippen molar-refractivity contribution < 1.29 is 9.47 Å². The van der Waals surface area contributed by atoms with E-state index >= 15 is 0 Å². The molecule has 0 unspecified atom stereocenters. The van der Waals surface area contributed by atoms with Gasteiger partial charge in [-0.3, -0.25) is 9.58 Å². The number of ether oxygens (including phenoxy) is 2. The predicted octanol–water partition coefficient (Wildman–Crippen LogP) is 2.23. The lowest BCUT2D eigenvalue weighted by molar-refractivity contribution is -0.143. The number of rotatable bonds is 4. The van der Waals surface area contributed by atoms with E-state index in [-0.39, 0.29) is 11.7 Å². The Labute approximate surface area is 127 Å². The standard InChI is InChI=1S/C16H27N3O2/c1-13(2)19-14(5-8-17-19)11-18-9-7-16(6-4-10-21-16)15(12-18)20-3/h5,8,13,15H,4,6-7,9-12H2,1-3H3/t15-,16-/m0/s1. The summed E-state index contributed by atoms with van der Waals surface area (Å²) < 4.78 is 13.9. The first kappa shape index (κ1) is 15.0. The zero-order valence-electron chi connectivity index (χ0n) is 13.4. The third kappa shape index (κ3) is 2.87. The largest absolute Gasteiger partial charge is 0.377 e. The van der Waals surface area contributed by atoms with Crippen LogP contribution < -0.4 is 0 Å². The van der Waals surface area contributed by atoms with Crippen LogP contribution in [0.3, 0.4) is 0 Å². The Morgan fingerprint density at radius 3 is 3.00 bits per heavy atom. The SMILES string of the molecule is CO[C@H]1CN(Cc2ccnn2C(C)C)CC[C@@]12CCCO2. The summed E-state index contributed by atoms with van der Waals surface area (Å²) in [5, 5.41) is 4.43. The van der Waals surface area contributed by atoms with Crippen molar-refractivity contribution in [1.82, 2.24) is 14.7 Å². The summed E-state index contributed by atoms with van der Waals surface area (Å²) in [7, 11) is 1.82. The van der Waals surface area contributed by atoms with Crippen LogP contribution in [0.15, 0.2) is 12.3 Å². The summed E-state index contributed by atoms with van der Waals surface area (Å²) in [5.74, 6) is 0. The lowest BCUT2D eigenvalue weighted by Crippen LogP contribution is -2.55. The average Bonchev–Trinajstić information content (AvgIpc) is 3.11. The van der Waals surface area contributed by atoms with Crippen LogP contribution in [-0.2, 0) is 16.0 Å². The number of piperidine rings is 1. The van der Waals surface area contributed by atoms with Crippen molar-refractivity contribution in [2.45, 2.75) is 57.4 Å².